The Hall–Kier alpha value is -2.09. The Balaban J connectivity index is 1.67. The van der Waals surface area contributed by atoms with E-state index < -0.39 is 35.0 Å². The number of halogens is 3. The van der Waals surface area contributed by atoms with Gasteiger partial charge in [0.1, 0.15) is 0 Å². The van der Waals surface area contributed by atoms with Crippen LogP contribution in [0.25, 0.3) is 0 Å². The lowest BCUT2D eigenvalue weighted by molar-refractivity contribution is -0.136. The molecule has 0 aromatic heterocycles. The minimum absolute atomic E-state index is 0.315. The van der Waals surface area contributed by atoms with Gasteiger partial charge in [0.05, 0.1) is 5.69 Å². The summed E-state index contributed by atoms with van der Waals surface area (Å²) >= 11 is 0. The lowest BCUT2D eigenvalue weighted by Crippen LogP contribution is -2.37. The van der Waals surface area contributed by atoms with E-state index in [1.807, 2.05) is 5.32 Å². The Morgan fingerprint density at radius 2 is 1.92 bits per heavy atom. The molecule has 0 saturated carbocycles. The fourth-order valence-electron chi connectivity index (χ4n) is 3.03. The highest BCUT2D eigenvalue weighted by atomic mass is 19.2. The van der Waals surface area contributed by atoms with Crippen molar-refractivity contribution in [2.75, 3.05) is 31.5 Å². The Bertz CT molecular complexity index is 655. The zero-order valence-corrected chi connectivity index (χ0v) is 14.8. The van der Waals surface area contributed by atoms with E-state index >= 15 is 0 Å². The molecule has 1 fully saturated rings. The maximum atomic E-state index is 13.5. The van der Waals surface area contributed by atoms with Gasteiger partial charge in [-0.25, -0.2) is 13.2 Å². The number of amides is 2. The van der Waals surface area contributed by atoms with Crippen molar-refractivity contribution in [2.24, 2.45) is 5.92 Å². The van der Waals surface area contributed by atoms with Crippen molar-refractivity contribution < 1.29 is 22.8 Å². The van der Waals surface area contributed by atoms with Crippen molar-refractivity contribution in [3.8, 4) is 0 Å². The van der Waals surface area contributed by atoms with E-state index in [2.05, 4.69) is 17.1 Å². The molecular formula is C18H24F3N3O2. The first-order chi connectivity index (χ1) is 12.4. The van der Waals surface area contributed by atoms with Gasteiger partial charge in [-0.2, -0.15) is 0 Å². The van der Waals surface area contributed by atoms with Crippen LogP contribution in [0.4, 0.5) is 18.9 Å². The molecule has 0 spiro atoms. The zero-order chi connectivity index (χ0) is 19.1. The van der Waals surface area contributed by atoms with Crippen molar-refractivity contribution in [3.05, 3.63) is 29.6 Å². The number of carbonyl (C=O) groups excluding carboxylic acids is 2. The van der Waals surface area contributed by atoms with E-state index in [1.165, 1.54) is 12.8 Å². The minimum atomic E-state index is -1.70. The van der Waals surface area contributed by atoms with E-state index in [-0.39, 0.29) is 0 Å². The maximum Gasteiger partial charge on any atom is 0.313 e. The van der Waals surface area contributed by atoms with Gasteiger partial charge in [-0.05, 0) is 56.8 Å². The monoisotopic (exact) mass is 371 g/mol. The molecule has 1 aromatic carbocycles. The van der Waals surface area contributed by atoms with E-state index in [4.69, 9.17) is 0 Å². The van der Waals surface area contributed by atoms with E-state index in [0.717, 1.165) is 32.1 Å². The number of rotatable bonds is 6. The molecule has 1 atom stereocenters. The van der Waals surface area contributed by atoms with Gasteiger partial charge >= 0.3 is 11.8 Å². The molecule has 26 heavy (non-hydrogen) atoms. The Labute approximate surface area is 150 Å². The third-order valence-corrected chi connectivity index (χ3v) is 4.42. The summed E-state index contributed by atoms with van der Waals surface area (Å²) in [6.07, 6.45) is 4.08. The zero-order valence-electron chi connectivity index (χ0n) is 14.8. The minimum Gasteiger partial charge on any atom is -0.348 e. The second-order valence-corrected chi connectivity index (χ2v) is 6.69. The quantitative estimate of drug-likeness (QED) is 0.459. The molecule has 1 aliphatic heterocycles. The SMILES string of the molecule is CC1CCCN(CCCCNC(=O)C(=O)Nc2ccc(F)c(F)c2F)C1. The van der Waals surface area contributed by atoms with Crippen LogP contribution in [-0.4, -0.2) is 42.9 Å². The van der Waals surface area contributed by atoms with Gasteiger partial charge in [0, 0.05) is 13.1 Å². The fourth-order valence-corrected chi connectivity index (χ4v) is 3.03. The number of likely N-dealkylation sites (tertiary alicyclic amines) is 1. The highest BCUT2D eigenvalue weighted by Gasteiger charge is 2.19. The van der Waals surface area contributed by atoms with Gasteiger partial charge < -0.3 is 15.5 Å². The first kappa shape index (κ1) is 20.2. The van der Waals surface area contributed by atoms with Crippen LogP contribution in [-0.2, 0) is 9.59 Å². The molecule has 0 bridgehead atoms. The van der Waals surface area contributed by atoms with Crippen LogP contribution >= 0.6 is 0 Å². The summed E-state index contributed by atoms with van der Waals surface area (Å²) in [5, 5.41) is 4.37. The van der Waals surface area contributed by atoms with Crippen LogP contribution in [0.5, 0.6) is 0 Å². The Kier molecular flexibility index (Phi) is 7.44. The molecule has 144 valence electrons. The molecule has 0 aliphatic carbocycles. The highest BCUT2D eigenvalue weighted by molar-refractivity contribution is 6.39. The Morgan fingerprint density at radius 3 is 2.65 bits per heavy atom. The summed E-state index contributed by atoms with van der Waals surface area (Å²) < 4.78 is 39.4. The maximum absolute atomic E-state index is 13.5. The van der Waals surface area contributed by atoms with Gasteiger partial charge in [0.2, 0.25) is 0 Å². The van der Waals surface area contributed by atoms with Gasteiger partial charge in [-0.3, -0.25) is 9.59 Å². The lowest BCUT2D eigenvalue weighted by atomic mass is 10.0. The number of benzene rings is 1. The number of nitrogens with one attached hydrogen (secondary N) is 2. The van der Waals surface area contributed by atoms with Gasteiger partial charge in [0.25, 0.3) is 0 Å². The summed E-state index contributed by atoms with van der Waals surface area (Å²) in [6, 6.07) is 1.53. The molecule has 1 aliphatic rings. The number of hydrogen-bond acceptors (Lipinski definition) is 3. The summed E-state index contributed by atoms with van der Waals surface area (Å²) in [7, 11) is 0. The smallest absolute Gasteiger partial charge is 0.313 e. The largest absolute Gasteiger partial charge is 0.348 e. The average molecular weight is 371 g/mol. The fraction of sp³-hybridized carbons (Fsp3) is 0.556. The van der Waals surface area contributed by atoms with Crippen LogP contribution in [0.3, 0.4) is 0 Å². The van der Waals surface area contributed by atoms with Crippen molar-refractivity contribution in [1.82, 2.24) is 10.2 Å². The third-order valence-electron chi connectivity index (χ3n) is 4.42. The van der Waals surface area contributed by atoms with Crippen LogP contribution in [0.1, 0.15) is 32.6 Å². The molecule has 1 aromatic rings. The highest BCUT2D eigenvalue weighted by Crippen LogP contribution is 2.19. The molecule has 2 rings (SSSR count). The van der Waals surface area contributed by atoms with Gasteiger partial charge in [0.15, 0.2) is 17.5 Å². The number of piperidine rings is 1. The number of carbonyl (C=O) groups is 2. The van der Waals surface area contributed by atoms with Crippen molar-refractivity contribution in [3.63, 3.8) is 0 Å². The molecule has 0 radical (unpaired) electrons. The molecule has 1 unspecified atom stereocenters. The number of anilines is 1. The molecule has 2 amide bonds. The van der Waals surface area contributed by atoms with Crippen molar-refractivity contribution in [2.45, 2.75) is 32.6 Å². The number of hydrogen-bond donors (Lipinski definition) is 2. The number of nitrogens with zero attached hydrogens (tertiary/aromatic N) is 1. The van der Waals surface area contributed by atoms with E-state index in [1.54, 1.807) is 0 Å². The van der Waals surface area contributed by atoms with Crippen LogP contribution in [0.2, 0.25) is 0 Å². The first-order valence-corrected chi connectivity index (χ1v) is 8.83. The second kappa shape index (κ2) is 9.56. The average Bonchev–Trinajstić information content (AvgIpc) is 2.61. The van der Waals surface area contributed by atoms with Gasteiger partial charge in [-0.15, -0.1) is 0 Å². The van der Waals surface area contributed by atoms with Crippen molar-refractivity contribution >= 4 is 17.5 Å². The molecule has 5 nitrogen and oxygen atoms in total. The molecule has 8 heteroatoms. The third kappa shape index (κ3) is 5.72. The molecule has 1 heterocycles. The normalized spacial score (nSPS) is 17.8. The predicted octanol–water partition coefficient (Wildman–Crippen LogP) is 2.67. The van der Waals surface area contributed by atoms with Crippen molar-refractivity contribution in [1.29, 1.82) is 0 Å². The molecule has 1 saturated heterocycles. The number of unbranched alkanes of at least 4 members (excludes halogenated alkanes) is 1. The molecular weight excluding hydrogens is 347 g/mol. The first-order valence-electron chi connectivity index (χ1n) is 8.83. The standard InChI is InChI=1S/C18H24F3N3O2/c1-12-5-4-10-24(11-12)9-3-2-8-22-17(25)18(26)23-14-7-6-13(19)15(20)16(14)21/h6-7,12H,2-5,8-11H2,1H3,(H,22,25)(H,23,26). The van der Waals surface area contributed by atoms with E-state index in [9.17, 15) is 22.8 Å². The summed E-state index contributed by atoms with van der Waals surface area (Å²) in [4.78, 5) is 25.8. The second-order valence-electron chi connectivity index (χ2n) is 6.69. The molecule has 2 N–H and O–H groups in total. The predicted molar refractivity (Wildman–Crippen MR) is 92.0 cm³/mol. The van der Waals surface area contributed by atoms with Gasteiger partial charge in [-0.1, -0.05) is 6.92 Å². The summed E-state index contributed by atoms with van der Waals surface area (Å²) in [5.41, 5.74) is -0.580. The summed E-state index contributed by atoms with van der Waals surface area (Å²) in [5.74, 6) is -5.96. The van der Waals surface area contributed by atoms with Crippen LogP contribution in [0.15, 0.2) is 12.1 Å². The lowest BCUT2D eigenvalue weighted by Gasteiger charge is -2.30. The van der Waals surface area contributed by atoms with E-state index in [0.29, 0.717) is 24.9 Å². The summed E-state index contributed by atoms with van der Waals surface area (Å²) in [6.45, 7) is 5.69. The topological polar surface area (TPSA) is 61.4 Å². The van der Waals surface area contributed by atoms with Crippen LogP contribution < -0.4 is 10.6 Å². The Morgan fingerprint density at radius 1 is 1.15 bits per heavy atom. The van der Waals surface area contributed by atoms with Crippen LogP contribution in [0, 0.1) is 23.4 Å².